The molecule has 0 heterocycles. The van der Waals surface area contributed by atoms with Gasteiger partial charge in [-0.2, -0.15) is 4.72 Å². The number of hydrogen-bond donors (Lipinski definition) is 2. The largest absolute Gasteiger partial charge is 0.492 e. The Hall–Kier alpha value is -2.87. The molecule has 0 aliphatic rings. The van der Waals surface area contributed by atoms with Gasteiger partial charge in [-0.05, 0) is 61.2 Å². The Morgan fingerprint density at radius 1 is 0.970 bits per heavy atom. The summed E-state index contributed by atoms with van der Waals surface area (Å²) in [6.07, 6.45) is 1.07. The van der Waals surface area contributed by atoms with Crippen LogP contribution in [0.4, 0.5) is 5.69 Å². The van der Waals surface area contributed by atoms with Gasteiger partial charge in [-0.3, -0.25) is 4.79 Å². The summed E-state index contributed by atoms with van der Waals surface area (Å²) in [5.41, 5.74) is 2.56. The van der Waals surface area contributed by atoms with Crippen LogP contribution < -0.4 is 14.8 Å². The molecule has 0 fully saturated rings. The van der Waals surface area contributed by atoms with E-state index in [0.29, 0.717) is 18.0 Å². The zero-order chi connectivity index (χ0) is 23.8. The molecule has 0 aliphatic carbocycles. The predicted octanol–water partition coefficient (Wildman–Crippen LogP) is 4.83. The number of halogens is 1. The smallest absolute Gasteiger partial charge is 0.242 e. The average Bonchev–Trinajstić information content (AvgIpc) is 2.81. The second kappa shape index (κ2) is 11.3. The first-order chi connectivity index (χ1) is 15.8. The van der Waals surface area contributed by atoms with Crippen molar-refractivity contribution in [3.8, 4) is 5.75 Å². The van der Waals surface area contributed by atoms with Crippen molar-refractivity contribution in [1.29, 1.82) is 0 Å². The molecule has 0 aromatic heterocycles. The lowest BCUT2D eigenvalue weighted by Crippen LogP contribution is -2.45. The summed E-state index contributed by atoms with van der Waals surface area (Å²) in [4.78, 5) is 13.1. The van der Waals surface area contributed by atoms with E-state index in [9.17, 15) is 13.2 Å². The van der Waals surface area contributed by atoms with E-state index < -0.39 is 22.0 Å². The summed E-state index contributed by atoms with van der Waals surface area (Å²) in [6, 6.07) is 19.9. The minimum atomic E-state index is -4.03. The SMILES string of the molecule is CCOc1ccc(S(=O)(=O)NC(Cc2ccccc2)C(=O)Nc2ccc(CC)cc2)cc1Cl. The third kappa shape index (κ3) is 6.81. The van der Waals surface area contributed by atoms with Gasteiger partial charge in [-0.1, -0.05) is 61.0 Å². The Morgan fingerprint density at radius 2 is 1.67 bits per heavy atom. The molecule has 3 rings (SSSR count). The van der Waals surface area contributed by atoms with Crippen LogP contribution in [0.1, 0.15) is 25.0 Å². The van der Waals surface area contributed by atoms with Crippen molar-refractivity contribution in [2.45, 2.75) is 37.6 Å². The van der Waals surface area contributed by atoms with Gasteiger partial charge in [0, 0.05) is 5.69 Å². The first-order valence-electron chi connectivity index (χ1n) is 10.7. The lowest BCUT2D eigenvalue weighted by Gasteiger charge is -2.19. The van der Waals surface area contributed by atoms with E-state index in [0.717, 1.165) is 17.5 Å². The first-order valence-corrected chi connectivity index (χ1v) is 12.6. The van der Waals surface area contributed by atoms with Crippen molar-refractivity contribution in [1.82, 2.24) is 4.72 Å². The molecule has 0 aliphatic heterocycles. The van der Waals surface area contributed by atoms with Crippen LogP contribution in [0.2, 0.25) is 5.02 Å². The van der Waals surface area contributed by atoms with Crippen LogP contribution in [0.15, 0.2) is 77.7 Å². The fourth-order valence-electron chi connectivity index (χ4n) is 3.27. The highest BCUT2D eigenvalue weighted by Crippen LogP contribution is 2.27. The summed E-state index contributed by atoms with van der Waals surface area (Å²) in [5, 5.41) is 2.99. The standard InChI is InChI=1S/C25H27ClN2O4S/c1-3-18-10-12-20(13-11-18)27-25(29)23(16-19-8-6-5-7-9-19)28-33(30,31)21-14-15-24(32-4-2)22(26)17-21/h5-15,17,23,28H,3-4,16H2,1-2H3,(H,27,29). The van der Waals surface area contributed by atoms with Gasteiger partial charge in [-0.15, -0.1) is 0 Å². The summed E-state index contributed by atoms with van der Waals surface area (Å²) >= 11 is 6.18. The Bertz CT molecular complexity index is 1180. The number of anilines is 1. The summed E-state index contributed by atoms with van der Waals surface area (Å²) in [7, 11) is -4.03. The fourth-order valence-corrected chi connectivity index (χ4v) is 4.79. The second-order valence-corrected chi connectivity index (χ2v) is 9.55. The molecule has 0 saturated carbocycles. The number of benzene rings is 3. The van der Waals surface area contributed by atoms with Crippen molar-refractivity contribution >= 4 is 33.2 Å². The average molecular weight is 487 g/mol. The van der Waals surface area contributed by atoms with Crippen LogP contribution >= 0.6 is 11.6 Å². The lowest BCUT2D eigenvalue weighted by molar-refractivity contribution is -0.117. The van der Waals surface area contributed by atoms with Crippen LogP contribution in [-0.4, -0.2) is 27.0 Å². The van der Waals surface area contributed by atoms with Crippen LogP contribution in [0.25, 0.3) is 0 Å². The van der Waals surface area contributed by atoms with Gasteiger partial charge in [0.05, 0.1) is 16.5 Å². The molecule has 0 bridgehead atoms. The first kappa shape index (κ1) is 24.8. The Morgan fingerprint density at radius 3 is 2.27 bits per heavy atom. The minimum Gasteiger partial charge on any atom is -0.492 e. The maximum atomic E-state index is 13.1. The molecule has 174 valence electrons. The molecule has 1 atom stereocenters. The van der Waals surface area contributed by atoms with Crippen LogP contribution in [0, 0.1) is 0 Å². The lowest BCUT2D eigenvalue weighted by atomic mass is 10.1. The zero-order valence-corrected chi connectivity index (χ0v) is 20.1. The van der Waals surface area contributed by atoms with Gasteiger partial charge >= 0.3 is 0 Å². The van der Waals surface area contributed by atoms with Gasteiger partial charge < -0.3 is 10.1 Å². The highest BCUT2D eigenvalue weighted by Gasteiger charge is 2.27. The number of ether oxygens (including phenoxy) is 1. The van der Waals surface area contributed by atoms with Gasteiger partial charge in [0.25, 0.3) is 0 Å². The van der Waals surface area contributed by atoms with E-state index in [1.165, 1.54) is 18.2 Å². The highest BCUT2D eigenvalue weighted by molar-refractivity contribution is 7.89. The highest BCUT2D eigenvalue weighted by atomic mass is 35.5. The summed E-state index contributed by atoms with van der Waals surface area (Å²) in [5.74, 6) is -0.0593. The van der Waals surface area contributed by atoms with Crippen molar-refractivity contribution < 1.29 is 17.9 Å². The van der Waals surface area contributed by atoms with Crippen molar-refractivity contribution in [3.63, 3.8) is 0 Å². The normalized spacial score (nSPS) is 12.2. The van der Waals surface area contributed by atoms with Gasteiger partial charge in [0.15, 0.2) is 0 Å². The molecule has 1 unspecified atom stereocenters. The Kier molecular flexibility index (Phi) is 8.49. The van der Waals surface area contributed by atoms with E-state index in [1.807, 2.05) is 56.3 Å². The number of hydrogen-bond acceptors (Lipinski definition) is 4. The molecule has 6 nitrogen and oxygen atoms in total. The molecular weight excluding hydrogens is 460 g/mol. The Balaban J connectivity index is 1.85. The van der Waals surface area contributed by atoms with E-state index >= 15 is 0 Å². The predicted molar refractivity (Wildman–Crippen MR) is 131 cm³/mol. The molecule has 0 saturated heterocycles. The molecule has 2 N–H and O–H groups in total. The Labute approximate surface area is 200 Å². The number of nitrogens with one attached hydrogen (secondary N) is 2. The van der Waals surface area contributed by atoms with Crippen LogP contribution in [0.3, 0.4) is 0 Å². The quantitative estimate of drug-likeness (QED) is 0.430. The van der Waals surface area contributed by atoms with Crippen molar-refractivity contribution in [2.75, 3.05) is 11.9 Å². The van der Waals surface area contributed by atoms with E-state index in [1.54, 1.807) is 12.1 Å². The zero-order valence-electron chi connectivity index (χ0n) is 18.5. The number of amides is 1. The van der Waals surface area contributed by atoms with Crippen molar-refractivity contribution in [2.24, 2.45) is 0 Å². The second-order valence-electron chi connectivity index (χ2n) is 7.43. The number of aryl methyl sites for hydroxylation is 1. The van der Waals surface area contributed by atoms with Crippen LogP contribution in [-0.2, 0) is 27.7 Å². The van der Waals surface area contributed by atoms with Gasteiger partial charge in [-0.25, -0.2) is 8.42 Å². The summed E-state index contributed by atoms with van der Waals surface area (Å²) < 4.78 is 34.1. The van der Waals surface area contributed by atoms with Crippen LogP contribution in [0.5, 0.6) is 5.75 Å². The molecule has 0 radical (unpaired) electrons. The summed E-state index contributed by atoms with van der Waals surface area (Å²) in [6.45, 7) is 4.26. The molecule has 3 aromatic rings. The monoisotopic (exact) mass is 486 g/mol. The van der Waals surface area contributed by atoms with Crippen molar-refractivity contribution in [3.05, 3.63) is 88.9 Å². The van der Waals surface area contributed by atoms with E-state index in [2.05, 4.69) is 10.0 Å². The van der Waals surface area contributed by atoms with E-state index in [4.69, 9.17) is 16.3 Å². The van der Waals surface area contributed by atoms with Gasteiger partial charge in [0.1, 0.15) is 11.8 Å². The maximum Gasteiger partial charge on any atom is 0.242 e. The molecule has 33 heavy (non-hydrogen) atoms. The number of carbonyl (C=O) groups excluding carboxylic acids is 1. The topological polar surface area (TPSA) is 84.5 Å². The maximum absolute atomic E-state index is 13.1. The molecule has 3 aromatic carbocycles. The number of carbonyl (C=O) groups is 1. The molecule has 1 amide bonds. The van der Waals surface area contributed by atoms with E-state index in [-0.39, 0.29) is 16.3 Å². The molecule has 0 spiro atoms. The minimum absolute atomic E-state index is 0.0471. The fraction of sp³-hybridized carbons (Fsp3) is 0.240. The third-order valence-electron chi connectivity index (χ3n) is 5.04. The number of sulfonamides is 1. The molecule has 8 heteroatoms. The number of rotatable bonds is 10. The third-order valence-corrected chi connectivity index (χ3v) is 6.80. The molecular formula is C25H27ClN2O4S. The van der Waals surface area contributed by atoms with Gasteiger partial charge in [0.2, 0.25) is 15.9 Å².